The fourth-order valence-electron chi connectivity index (χ4n) is 2.91. The van der Waals surface area contributed by atoms with Crippen LogP contribution < -0.4 is 10.6 Å². The molecule has 1 aromatic heterocycles. The molecule has 3 rings (SSSR count). The third-order valence-corrected chi connectivity index (χ3v) is 5.88. The number of anilines is 1. The van der Waals surface area contributed by atoms with Crippen LogP contribution in [0.15, 0.2) is 53.7 Å². The average Bonchev–Trinajstić information content (AvgIpc) is 3.12. The Morgan fingerprint density at radius 1 is 1.15 bits per heavy atom. The zero-order chi connectivity index (χ0) is 24.2. The normalized spacial score (nSPS) is 12.3. The molecular formula is C21H19ClF3N5O2S. The van der Waals surface area contributed by atoms with Crippen molar-refractivity contribution >= 4 is 40.9 Å². The molecule has 3 aromatic rings. The highest BCUT2D eigenvalue weighted by atomic mass is 35.5. The molecule has 0 bridgehead atoms. The molecule has 1 atom stereocenters. The highest BCUT2D eigenvalue weighted by molar-refractivity contribution is 7.99. The minimum atomic E-state index is -4.50. The summed E-state index contributed by atoms with van der Waals surface area (Å²) in [7, 11) is 1.68. The lowest BCUT2D eigenvalue weighted by molar-refractivity contribution is -0.137. The second kappa shape index (κ2) is 10.3. The second-order valence-corrected chi connectivity index (χ2v) is 8.34. The summed E-state index contributed by atoms with van der Waals surface area (Å²) in [6.45, 7) is 1.73. The minimum Gasteiger partial charge on any atom is -0.342 e. The molecule has 0 saturated heterocycles. The van der Waals surface area contributed by atoms with E-state index in [4.69, 9.17) is 11.6 Å². The summed E-state index contributed by atoms with van der Waals surface area (Å²) in [5, 5.41) is 14.1. The number of halogens is 4. The number of nitrogens with one attached hydrogen (secondary N) is 2. The molecule has 2 N–H and O–H groups in total. The van der Waals surface area contributed by atoms with E-state index < -0.39 is 23.7 Å². The van der Waals surface area contributed by atoms with E-state index in [9.17, 15) is 22.8 Å². The number of carbonyl (C=O) groups is 2. The van der Waals surface area contributed by atoms with Crippen LogP contribution in [0.25, 0.3) is 0 Å². The van der Waals surface area contributed by atoms with Crippen LogP contribution in [0, 0.1) is 0 Å². The van der Waals surface area contributed by atoms with Crippen molar-refractivity contribution in [1.82, 2.24) is 20.1 Å². The number of aromatic nitrogens is 3. The van der Waals surface area contributed by atoms with Gasteiger partial charge in [0.15, 0.2) is 11.0 Å². The van der Waals surface area contributed by atoms with Crippen LogP contribution in [0.4, 0.5) is 18.9 Å². The Morgan fingerprint density at radius 2 is 1.88 bits per heavy atom. The number of rotatable bonds is 7. The van der Waals surface area contributed by atoms with Crippen molar-refractivity contribution in [3.05, 3.63) is 70.5 Å². The maximum Gasteiger partial charge on any atom is 0.416 e. The van der Waals surface area contributed by atoms with Crippen LogP contribution in [0.1, 0.15) is 34.7 Å². The van der Waals surface area contributed by atoms with Gasteiger partial charge >= 0.3 is 6.18 Å². The van der Waals surface area contributed by atoms with E-state index in [-0.39, 0.29) is 17.3 Å². The van der Waals surface area contributed by atoms with Crippen molar-refractivity contribution in [3.63, 3.8) is 0 Å². The number of hydrogen-bond acceptors (Lipinski definition) is 5. The van der Waals surface area contributed by atoms with Crippen molar-refractivity contribution in [2.45, 2.75) is 24.3 Å². The van der Waals surface area contributed by atoms with Crippen LogP contribution in [0.2, 0.25) is 5.02 Å². The lowest BCUT2D eigenvalue weighted by atomic mass is 10.2. The molecule has 174 valence electrons. The highest BCUT2D eigenvalue weighted by Crippen LogP contribution is 2.30. The zero-order valence-corrected chi connectivity index (χ0v) is 19.1. The predicted molar refractivity (Wildman–Crippen MR) is 119 cm³/mol. The number of nitrogens with zero attached hydrogens (tertiary/aromatic N) is 3. The highest BCUT2D eigenvalue weighted by Gasteiger charge is 2.30. The van der Waals surface area contributed by atoms with Gasteiger partial charge in [-0.1, -0.05) is 41.6 Å². The third kappa shape index (κ3) is 6.26. The molecule has 0 aliphatic heterocycles. The number of thioether (sulfide) groups is 1. The summed E-state index contributed by atoms with van der Waals surface area (Å²) in [5.74, 6) is -0.506. The molecule has 1 heterocycles. The zero-order valence-electron chi connectivity index (χ0n) is 17.5. The second-order valence-electron chi connectivity index (χ2n) is 6.99. The van der Waals surface area contributed by atoms with E-state index in [0.29, 0.717) is 21.6 Å². The van der Waals surface area contributed by atoms with Crippen LogP contribution in [-0.2, 0) is 18.0 Å². The van der Waals surface area contributed by atoms with Crippen molar-refractivity contribution in [1.29, 1.82) is 0 Å². The molecule has 12 heteroatoms. The maximum atomic E-state index is 12.8. The first-order valence-corrected chi connectivity index (χ1v) is 11.0. The average molecular weight is 498 g/mol. The van der Waals surface area contributed by atoms with Crippen LogP contribution >= 0.6 is 23.4 Å². The topological polar surface area (TPSA) is 88.9 Å². The van der Waals surface area contributed by atoms with E-state index >= 15 is 0 Å². The molecule has 0 radical (unpaired) electrons. The Labute approximate surface area is 196 Å². The molecule has 0 unspecified atom stereocenters. The molecular weight excluding hydrogens is 479 g/mol. The number of benzene rings is 2. The molecule has 7 nitrogen and oxygen atoms in total. The molecule has 0 saturated carbocycles. The quantitative estimate of drug-likeness (QED) is 0.461. The first-order chi connectivity index (χ1) is 15.6. The minimum absolute atomic E-state index is 0.0463. The van der Waals surface area contributed by atoms with E-state index in [2.05, 4.69) is 20.8 Å². The molecule has 0 fully saturated rings. The van der Waals surface area contributed by atoms with Gasteiger partial charge in [0.2, 0.25) is 5.91 Å². The van der Waals surface area contributed by atoms with E-state index in [1.165, 1.54) is 12.1 Å². The van der Waals surface area contributed by atoms with Gasteiger partial charge < -0.3 is 15.2 Å². The summed E-state index contributed by atoms with van der Waals surface area (Å²) < 4.78 is 40.1. The van der Waals surface area contributed by atoms with E-state index in [0.717, 1.165) is 23.9 Å². The summed E-state index contributed by atoms with van der Waals surface area (Å²) in [6, 6.07) is 10.5. The van der Waals surface area contributed by atoms with Crippen molar-refractivity contribution in [2.75, 3.05) is 11.1 Å². The van der Waals surface area contributed by atoms with Crippen LogP contribution in [-0.4, -0.2) is 32.3 Å². The lowest BCUT2D eigenvalue weighted by Crippen LogP contribution is -2.28. The van der Waals surface area contributed by atoms with Gasteiger partial charge in [0.05, 0.1) is 27.9 Å². The number of carbonyl (C=O) groups excluding carboxylic acids is 2. The number of hydrogen-bond donors (Lipinski definition) is 2. The van der Waals surface area contributed by atoms with Crippen LogP contribution in [0.3, 0.4) is 0 Å². The fraction of sp³-hybridized carbons (Fsp3) is 0.238. The van der Waals surface area contributed by atoms with E-state index in [1.54, 1.807) is 42.8 Å². The lowest BCUT2D eigenvalue weighted by Gasteiger charge is -2.14. The van der Waals surface area contributed by atoms with Gasteiger partial charge in [-0.2, -0.15) is 13.2 Å². The summed E-state index contributed by atoms with van der Waals surface area (Å²) in [4.78, 5) is 24.7. The molecule has 2 amide bonds. The smallest absolute Gasteiger partial charge is 0.342 e. The van der Waals surface area contributed by atoms with Crippen molar-refractivity contribution in [2.24, 2.45) is 7.05 Å². The summed E-state index contributed by atoms with van der Waals surface area (Å²) in [6.07, 6.45) is -4.50. The van der Waals surface area contributed by atoms with Gasteiger partial charge in [0.1, 0.15) is 0 Å². The van der Waals surface area contributed by atoms with Gasteiger partial charge in [-0.05, 0) is 37.3 Å². The van der Waals surface area contributed by atoms with Gasteiger partial charge in [0.25, 0.3) is 5.91 Å². The molecule has 33 heavy (non-hydrogen) atoms. The van der Waals surface area contributed by atoms with Gasteiger partial charge in [0, 0.05) is 12.7 Å². The van der Waals surface area contributed by atoms with Gasteiger partial charge in [-0.15, -0.1) is 10.2 Å². The molecule has 0 aliphatic rings. The van der Waals surface area contributed by atoms with Crippen molar-refractivity contribution < 1.29 is 22.8 Å². The Morgan fingerprint density at radius 3 is 2.58 bits per heavy atom. The Hall–Kier alpha value is -3.05. The predicted octanol–water partition coefficient (Wildman–Crippen LogP) is 4.71. The van der Waals surface area contributed by atoms with Crippen LogP contribution in [0.5, 0.6) is 0 Å². The summed E-state index contributed by atoms with van der Waals surface area (Å²) in [5.41, 5.74) is -0.474. The molecule has 0 spiro atoms. The Balaban J connectivity index is 1.59. The molecule has 2 aromatic carbocycles. The summed E-state index contributed by atoms with van der Waals surface area (Å²) >= 11 is 7.11. The SMILES string of the molecule is C[C@H](NC(=O)c1ccccc1Cl)c1nnc(SCC(=O)Nc2cccc(C(F)(F)F)c2)n1C. The number of alkyl halides is 3. The molecule has 0 aliphatic carbocycles. The largest absolute Gasteiger partial charge is 0.416 e. The third-order valence-electron chi connectivity index (χ3n) is 4.53. The Kier molecular flexibility index (Phi) is 7.65. The number of amides is 2. The van der Waals surface area contributed by atoms with Crippen molar-refractivity contribution in [3.8, 4) is 0 Å². The first kappa shape index (κ1) is 24.6. The van der Waals surface area contributed by atoms with E-state index in [1.807, 2.05) is 0 Å². The first-order valence-electron chi connectivity index (χ1n) is 9.61. The van der Waals surface area contributed by atoms with Gasteiger partial charge in [-0.3, -0.25) is 9.59 Å². The fourth-order valence-corrected chi connectivity index (χ4v) is 3.85. The van der Waals surface area contributed by atoms with Gasteiger partial charge in [-0.25, -0.2) is 0 Å². The standard InChI is InChI=1S/C21H19ClF3N5O2S/c1-12(26-19(32)15-8-3-4-9-16(15)22)18-28-29-20(30(18)2)33-11-17(31)27-14-7-5-6-13(10-14)21(23,24)25/h3-10,12H,11H2,1-2H3,(H,26,32)(H,27,31)/t12-/m0/s1. The monoisotopic (exact) mass is 497 g/mol. The maximum absolute atomic E-state index is 12.8. The Bertz CT molecular complexity index is 1170.